The van der Waals surface area contributed by atoms with Crippen molar-refractivity contribution in [3.8, 4) is 0 Å². The van der Waals surface area contributed by atoms with Crippen LogP contribution in [-0.4, -0.2) is 38.3 Å². The monoisotopic (exact) mass is 393 g/mol. The lowest BCUT2D eigenvalue weighted by molar-refractivity contribution is -0.126. The summed E-state index contributed by atoms with van der Waals surface area (Å²) >= 11 is 0. The zero-order valence-corrected chi connectivity index (χ0v) is 16.9. The van der Waals surface area contributed by atoms with Crippen molar-refractivity contribution >= 4 is 15.9 Å². The van der Waals surface area contributed by atoms with Gasteiger partial charge in [0.15, 0.2) is 0 Å². The Hall–Kier alpha value is -1.44. The molecule has 0 spiro atoms. The number of nitrogens with zero attached hydrogens (tertiary/aromatic N) is 1. The molecule has 2 fully saturated rings. The minimum atomic E-state index is -3.43. The molecular weight excluding hydrogens is 362 g/mol. The molecule has 2 aliphatic rings. The number of nitrogens with one attached hydrogen (secondary N) is 1. The van der Waals surface area contributed by atoms with Crippen LogP contribution >= 0.6 is 0 Å². The Balaban J connectivity index is 1.59. The number of rotatable bonds is 6. The van der Waals surface area contributed by atoms with E-state index in [0.717, 1.165) is 37.7 Å². The number of hydrogen-bond acceptors (Lipinski definition) is 4. The first-order chi connectivity index (χ1) is 12.9. The van der Waals surface area contributed by atoms with E-state index in [1.807, 2.05) is 0 Å². The molecule has 0 bridgehead atoms. The van der Waals surface area contributed by atoms with E-state index in [2.05, 4.69) is 12.2 Å². The number of benzene rings is 1. The Kier molecular flexibility index (Phi) is 6.55. The topological polar surface area (TPSA) is 92.5 Å². The molecule has 1 heterocycles. The normalized spacial score (nSPS) is 26.8. The lowest BCUT2D eigenvalue weighted by Gasteiger charge is -2.30. The van der Waals surface area contributed by atoms with Crippen molar-refractivity contribution in [3.63, 3.8) is 0 Å². The molecule has 0 radical (unpaired) electrons. The summed E-state index contributed by atoms with van der Waals surface area (Å²) in [6.45, 7) is 4.23. The van der Waals surface area contributed by atoms with Gasteiger partial charge in [-0.1, -0.05) is 25.5 Å². The number of carbonyl (C=O) groups is 1. The third-order valence-corrected chi connectivity index (χ3v) is 7.83. The Labute approximate surface area is 162 Å². The minimum absolute atomic E-state index is 0.00995. The highest BCUT2D eigenvalue weighted by atomic mass is 32.2. The SMILES string of the molecule is CC1CCCN(S(=O)(=O)c2ccc(CNC(=O)[C@@H]3CCC[C@@H]3CN)cc2)C1. The van der Waals surface area contributed by atoms with Crippen LogP contribution in [0.4, 0.5) is 0 Å². The quantitative estimate of drug-likeness (QED) is 0.774. The van der Waals surface area contributed by atoms with E-state index in [4.69, 9.17) is 5.73 Å². The third kappa shape index (κ3) is 4.70. The van der Waals surface area contributed by atoms with E-state index in [0.29, 0.717) is 37.0 Å². The first-order valence-electron chi connectivity index (χ1n) is 9.98. The molecule has 1 aromatic rings. The smallest absolute Gasteiger partial charge is 0.243 e. The van der Waals surface area contributed by atoms with E-state index in [-0.39, 0.29) is 17.7 Å². The summed E-state index contributed by atoms with van der Waals surface area (Å²) in [6.07, 6.45) is 4.98. The summed E-state index contributed by atoms with van der Waals surface area (Å²) in [6, 6.07) is 6.87. The van der Waals surface area contributed by atoms with Crippen LogP contribution in [0.1, 0.15) is 44.6 Å². The van der Waals surface area contributed by atoms with Crippen LogP contribution in [0.25, 0.3) is 0 Å². The zero-order chi connectivity index (χ0) is 19.4. The van der Waals surface area contributed by atoms with Gasteiger partial charge >= 0.3 is 0 Å². The Morgan fingerprint density at radius 3 is 2.59 bits per heavy atom. The lowest BCUT2D eigenvalue weighted by Crippen LogP contribution is -2.39. The second kappa shape index (κ2) is 8.71. The molecular formula is C20H31N3O3S. The Bertz CT molecular complexity index is 748. The van der Waals surface area contributed by atoms with Crippen molar-refractivity contribution < 1.29 is 13.2 Å². The van der Waals surface area contributed by atoms with Gasteiger partial charge < -0.3 is 11.1 Å². The number of sulfonamides is 1. The van der Waals surface area contributed by atoms with Gasteiger partial charge in [0.2, 0.25) is 15.9 Å². The predicted molar refractivity (Wildman–Crippen MR) is 105 cm³/mol. The average molecular weight is 394 g/mol. The molecule has 1 saturated carbocycles. The highest BCUT2D eigenvalue weighted by Gasteiger charge is 2.32. The van der Waals surface area contributed by atoms with Gasteiger partial charge in [-0.2, -0.15) is 4.31 Å². The summed E-state index contributed by atoms with van der Waals surface area (Å²) < 4.78 is 27.2. The maximum absolute atomic E-state index is 12.8. The van der Waals surface area contributed by atoms with E-state index in [1.165, 1.54) is 0 Å². The van der Waals surface area contributed by atoms with Crippen LogP contribution in [0.2, 0.25) is 0 Å². The molecule has 1 aliphatic heterocycles. The first-order valence-corrected chi connectivity index (χ1v) is 11.4. The van der Waals surface area contributed by atoms with Gasteiger partial charge in [-0.25, -0.2) is 8.42 Å². The van der Waals surface area contributed by atoms with Gasteiger partial charge in [0, 0.05) is 25.6 Å². The average Bonchev–Trinajstić information content (AvgIpc) is 3.15. The van der Waals surface area contributed by atoms with Crippen molar-refractivity contribution in [2.75, 3.05) is 19.6 Å². The molecule has 1 aliphatic carbocycles. The molecule has 6 nitrogen and oxygen atoms in total. The van der Waals surface area contributed by atoms with Crippen LogP contribution in [-0.2, 0) is 21.4 Å². The molecule has 7 heteroatoms. The second-order valence-electron chi connectivity index (χ2n) is 8.01. The van der Waals surface area contributed by atoms with Crippen molar-refractivity contribution in [3.05, 3.63) is 29.8 Å². The van der Waals surface area contributed by atoms with Crippen LogP contribution in [0, 0.1) is 17.8 Å². The summed E-state index contributed by atoms with van der Waals surface area (Å²) in [5.41, 5.74) is 6.66. The minimum Gasteiger partial charge on any atom is -0.352 e. The molecule has 3 atom stereocenters. The maximum atomic E-state index is 12.8. The molecule has 1 saturated heterocycles. The number of carbonyl (C=O) groups excluding carboxylic acids is 1. The van der Waals surface area contributed by atoms with Crippen LogP contribution in [0.5, 0.6) is 0 Å². The Morgan fingerprint density at radius 2 is 1.93 bits per heavy atom. The van der Waals surface area contributed by atoms with Gasteiger partial charge in [0.25, 0.3) is 0 Å². The van der Waals surface area contributed by atoms with Gasteiger partial charge in [-0.05, 0) is 61.8 Å². The molecule has 1 amide bonds. The predicted octanol–water partition coefficient (Wildman–Crippen LogP) is 2.10. The van der Waals surface area contributed by atoms with E-state index >= 15 is 0 Å². The van der Waals surface area contributed by atoms with E-state index < -0.39 is 10.0 Å². The van der Waals surface area contributed by atoms with Gasteiger partial charge in [-0.15, -0.1) is 0 Å². The lowest BCUT2D eigenvalue weighted by atomic mass is 9.95. The van der Waals surface area contributed by atoms with Crippen molar-refractivity contribution in [1.82, 2.24) is 9.62 Å². The van der Waals surface area contributed by atoms with E-state index in [9.17, 15) is 13.2 Å². The van der Waals surface area contributed by atoms with E-state index in [1.54, 1.807) is 28.6 Å². The molecule has 1 aromatic carbocycles. The van der Waals surface area contributed by atoms with Crippen molar-refractivity contribution in [2.45, 2.75) is 50.5 Å². The van der Waals surface area contributed by atoms with Gasteiger partial charge in [0.1, 0.15) is 0 Å². The van der Waals surface area contributed by atoms with Crippen LogP contribution in [0.15, 0.2) is 29.2 Å². The molecule has 1 unspecified atom stereocenters. The Morgan fingerprint density at radius 1 is 1.19 bits per heavy atom. The summed E-state index contributed by atoms with van der Waals surface area (Å²) in [5, 5.41) is 2.98. The fourth-order valence-corrected chi connectivity index (χ4v) is 5.88. The summed E-state index contributed by atoms with van der Waals surface area (Å²) in [7, 11) is -3.43. The number of nitrogens with two attached hydrogens (primary N) is 1. The van der Waals surface area contributed by atoms with Gasteiger partial charge in [0.05, 0.1) is 4.90 Å². The van der Waals surface area contributed by atoms with Gasteiger partial charge in [-0.3, -0.25) is 4.79 Å². The number of piperidine rings is 1. The molecule has 3 N–H and O–H groups in total. The highest BCUT2D eigenvalue weighted by Crippen LogP contribution is 2.31. The fourth-order valence-electron chi connectivity index (χ4n) is 4.28. The standard InChI is InChI=1S/C20H31N3O3S/c1-15-4-3-11-23(14-15)27(25,26)18-9-7-16(8-10-18)13-22-20(24)19-6-2-5-17(19)12-21/h7-10,15,17,19H,2-6,11-14,21H2,1H3,(H,22,24)/t15?,17-,19-/m1/s1. The fraction of sp³-hybridized carbons (Fsp3) is 0.650. The summed E-state index contributed by atoms with van der Waals surface area (Å²) in [5.74, 6) is 0.748. The zero-order valence-electron chi connectivity index (χ0n) is 16.1. The van der Waals surface area contributed by atoms with Crippen LogP contribution < -0.4 is 11.1 Å². The largest absolute Gasteiger partial charge is 0.352 e. The highest BCUT2D eigenvalue weighted by molar-refractivity contribution is 7.89. The molecule has 27 heavy (non-hydrogen) atoms. The number of hydrogen-bond donors (Lipinski definition) is 2. The molecule has 150 valence electrons. The second-order valence-corrected chi connectivity index (χ2v) is 9.94. The first kappa shape index (κ1) is 20.3. The third-order valence-electron chi connectivity index (χ3n) is 5.95. The van der Waals surface area contributed by atoms with Crippen molar-refractivity contribution in [1.29, 1.82) is 0 Å². The number of amides is 1. The van der Waals surface area contributed by atoms with Crippen LogP contribution in [0.3, 0.4) is 0 Å². The van der Waals surface area contributed by atoms with Crippen molar-refractivity contribution in [2.24, 2.45) is 23.5 Å². The molecule has 3 rings (SSSR count). The molecule has 0 aromatic heterocycles. The summed E-state index contributed by atoms with van der Waals surface area (Å²) in [4.78, 5) is 12.7. The maximum Gasteiger partial charge on any atom is 0.243 e.